The number of methoxy groups -OCH3 is 1. The number of oxazole rings is 1. The fourth-order valence-electron chi connectivity index (χ4n) is 3.21. The van der Waals surface area contributed by atoms with Crippen LogP contribution in [0.5, 0.6) is 5.75 Å². The summed E-state index contributed by atoms with van der Waals surface area (Å²) in [5.74, 6) is 1.59. The lowest BCUT2D eigenvalue weighted by atomic mass is 10.1. The van der Waals surface area contributed by atoms with Gasteiger partial charge in [-0.3, -0.25) is 0 Å². The summed E-state index contributed by atoms with van der Waals surface area (Å²) < 4.78 is 34.5. The monoisotopic (exact) mass is 454 g/mol. The molecule has 1 aromatic heterocycles. The molecule has 6 nitrogen and oxygen atoms in total. The van der Waals surface area contributed by atoms with E-state index >= 15 is 0 Å². The van der Waals surface area contributed by atoms with Crippen molar-refractivity contribution in [2.75, 3.05) is 7.11 Å². The highest BCUT2D eigenvalue weighted by atomic mass is 35.5. The van der Waals surface area contributed by atoms with E-state index in [2.05, 4.69) is 0 Å². The summed E-state index contributed by atoms with van der Waals surface area (Å²) in [6, 6.07) is 21.4. The minimum Gasteiger partial charge on any atom is -0.495 e. The molecule has 0 spiro atoms. The third-order valence-electron chi connectivity index (χ3n) is 4.74. The number of hydrogen-bond acceptors (Lipinski definition) is 5. The van der Waals surface area contributed by atoms with E-state index in [0.29, 0.717) is 40.1 Å². The quantitative estimate of drug-likeness (QED) is 0.446. The number of halogens is 1. The normalized spacial score (nSPS) is 11.5. The Labute approximate surface area is 185 Å². The van der Waals surface area contributed by atoms with Crippen LogP contribution in [0.25, 0.3) is 22.6 Å². The second-order valence-corrected chi connectivity index (χ2v) is 8.84. The Hall–Kier alpha value is -3.13. The van der Waals surface area contributed by atoms with Crippen molar-refractivity contribution < 1.29 is 17.6 Å². The molecule has 4 aromatic rings. The molecule has 2 N–H and O–H groups in total. The maximum absolute atomic E-state index is 11.6. The lowest BCUT2D eigenvalue weighted by molar-refractivity contribution is 0.415. The second-order valence-electron chi connectivity index (χ2n) is 6.87. The predicted molar refractivity (Wildman–Crippen MR) is 120 cm³/mol. The van der Waals surface area contributed by atoms with Gasteiger partial charge in [0, 0.05) is 17.5 Å². The van der Waals surface area contributed by atoms with Crippen LogP contribution in [-0.4, -0.2) is 20.5 Å². The summed E-state index contributed by atoms with van der Waals surface area (Å²) in [7, 11) is -2.24. The Balaban J connectivity index is 1.81. The zero-order valence-electron chi connectivity index (χ0n) is 16.6. The van der Waals surface area contributed by atoms with Crippen molar-refractivity contribution >= 4 is 21.6 Å². The van der Waals surface area contributed by atoms with E-state index in [-0.39, 0.29) is 4.90 Å². The van der Waals surface area contributed by atoms with Crippen LogP contribution in [0.4, 0.5) is 0 Å². The SMILES string of the molecule is COc1ccc(-c2nc(Cc3ccccc3)oc2-c2ccc(S(N)(=O)=O)cc2)cc1Cl. The zero-order valence-corrected chi connectivity index (χ0v) is 18.2. The molecule has 0 saturated heterocycles. The van der Waals surface area contributed by atoms with Gasteiger partial charge in [-0.25, -0.2) is 18.5 Å². The maximum Gasteiger partial charge on any atom is 0.238 e. The molecule has 0 atom stereocenters. The molecule has 4 rings (SSSR count). The molecule has 1 heterocycles. The summed E-state index contributed by atoms with van der Waals surface area (Å²) in [5, 5.41) is 5.66. The van der Waals surface area contributed by atoms with Gasteiger partial charge in [0.1, 0.15) is 11.4 Å². The summed E-state index contributed by atoms with van der Waals surface area (Å²) >= 11 is 6.32. The molecule has 3 aromatic carbocycles. The molecule has 8 heteroatoms. The van der Waals surface area contributed by atoms with Gasteiger partial charge >= 0.3 is 0 Å². The fraction of sp³-hybridized carbons (Fsp3) is 0.0870. The van der Waals surface area contributed by atoms with Crippen LogP contribution in [0.15, 0.2) is 82.1 Å². The molecule has 0 fully saturated rings. The van der Waals surface area contributed by atoms with Crippen LogP contribution < -0.4 is 9.88 Å². The summed E-state index contributed by atoms with van der Waals surface area (Å²) in [5.41, 5.74) is 3.07. The number of aromatic nitrogens is 1. The van der Waals surface area contributed by atoms with Gasteiger partial charge in [0.25, 0.3) is 0 Å². The molecule has 0 aliphatic carbocycles. The highest BCUT2D eigenvalue weighted by molar-refractivity contribution is 7.89. The van der Waals surface area contributed by atoms with Crippen molar-refractivity contribution in [3.63, 3.8) is 0 Å². The lowest BCUT2D eigenvalue weighted by Crippen LogP contribution is -2.11. The molecule has 0 saturated carbocycles. The first-order chi connectivity index (χ1) is 14.8. The van der Waals surface area contributed by atoms with Gasteiger partial charge in [-0.15, -0.1) is 0 Å². The van der Waals surface area contributed by atoms with Crippen molar-refractivity contribution in [1.82, 2.24) is 4.98 Å². The maximum atomic E-state index is 11.6. The van der Waals surface area contributed by atoms with Crippen LogP contribution in [0.1, 0.15) is 11.5 Å². The van der Waals surface area contributed by atoms with Gasteiger partial charge in [-0.2, -0.15) is 0 Å². The van der Waals surface area contributed by atoms with Crippen LogP contribution in [0.3, 0.4) is 0 Å². The zero-order chi connectivity index (χ0) is 22.0. The van der Waals surface area contributed by atoms with Gasteiger partial charge in [0.05, 0.1) is 17.0 Å². The number of hydrogen-bond donors (Lipinski definition) is 1. The topological polar surface area (TPSA) is 95.4 Å². The third-order valence-corrected chi connectivity index (χ3v) is 5.96. The van der Waals surface area contributed by atoms with E-state index in [4.69, 9.17) is 30.9 Å². The number of benzene rings is 3. The third kappa shape index (κ3) is 4.64. The van der Waals surface area contributed by atoms with Gasteiger partial charge in [-0.1, -0.05) is 41.9 Å². The molecule has 0 aliphatic heterocycles. The van der Waals surface area contributed by atoms with E-state index in [1.807, 2.05) is 36.4 Å². The van der Waals surface area contributed by atoms with E-state index in [9.17, 15) is 8.42 Å². The number of sulfonamides is 1. The Morgan fingerprint density at radius 2 is 1.68 bits per heavy atom. The smallest absolute Gasteiger partial charge is 0.238 e. The number of nitrogens with two attached hydrogens (primary N) is 1. The van der Waals surface area contributed by atoms with E-state index in [0.717, 1.165) is 11.1 Å². The number of ether oxygens (including phenoxy) is 1. The summed E-state index contributed by atoms with van der Waals surface area (Å²) in [6.07, 6.45) is 0.507. The first-order valence-corrected chi connectivity index (χ1v) is 11.3. The van der Waals surface area contributed by atoms with Crippen molar-refractivity contribution in [3.05, 3.63) is 89.3 Å². The summed E-state index contributed by atoms with van der Waals surface area (Å²) in [6.45, 7) is 0. The minimum absolute atomic E-state index is 0.0225. The highest BCUT2D eigenvalue weighted by Gasteiger charge is 2.19. The van der Waals surface area contributed by atoms with Crippen LogP contribution >= 0.6 is 11.6 Å². The van der Waals surface area contributed by atoms with Crippen molar-refractivity contribution in [2.24, 2.45) is 5.14 Å². The molecular weight excluding hydrogens is 436 g/mol. The lowest BCUT2D eigenvalue weighted by Gasteiger charge is -2.06. The van der Waals surface area contributed by atoms with Crippen LogP contribution in [-0.2, 0) is 16.4 Å². The van der Waals surface area contributed by atoms with E-state index in [1.165, 1.54) is 12.1 Å². The van der Waals surface area contributed by atoms with Gasteiger partial charge in [0.2, 0.25) is 10.0 Å². The molecular formula is C23H19ClN2O4S. The molecule has 0 aliphatic rings. The average molecular weight is 455 g/mol. The highest BCUT2D eigenvalue weighted by Crippen LogP contribution is 2.37. The van der Waals surface area contributed by atoms with Crippen molar-refractivity contribution in [3.8, 4) is 28.3 Å². The second kappa shape index (κ2) is 8.55. The summed E-state index contributed by atoms with van der Waals surface area (Å²) in [4.78, 5) is 4.73. The molecule has 158 valence electrons. The first kappa shape index (κ1) is 21.1. The van der Waals surface area contributed by atoms with Gasteiger partial charge in [0.15, 0.2) is 11.7 Å². The predicted octanol–water partition coefficient (Wildman–Crippen LogP) is 4.91. The Kier molecular flexibility index (Phi) is 5.82. The first-order valence-electron chi connectivity index (χ1n) is 9.36. The molecule has 0 amide bonds. The number of primary sulfonamides is 1. The van der Waals surface area contributed by atoms with Crippen LogP contribution in [0.2, 0.25) is 5.02 Å². The van der Waals surface area contributed by atoms with Gasteiger partial charge in [-0.05, 0) is 48.0 Å². The number of nitrogens with zero attached hydrogens (tertiary/aromatic N) is 1. The Bertz CT molecular complexity index is 1320. The van der Waals surface area contributed by atoms with Crippen LogP contribution in [0, 0.1) is 0 Å². The van der Waals surface area contributed by atoms with E-state index < -0.39 is 10.0 Å². The van der Waals surface area contributed by atoms with E-state index in [1.54, 1.807) is 31.4 Å². The standard InChI is InChI=1S/C23H19ClN2O4S/c1-29-20-12-9-17(14-19(20)24)22-23(16-7-10-18(11-8-16)31(25,27)28)30-21(26-22)13-15-5-3-2-4-6-15/h2-12,14H,13H2,1H3,(H2,25,27,28). The minimum atomic E-state index is -3.79. The molecule has 0 radical (unpaired) electrons. The van der Waals surface area contributed by atoms with Gasteiger partial charge < -0.3 is 9.15 Å². The van der Waals surface area contributed by atoms with Crippen molar-refractivity contribution in [1.29, 1.82) is 0 Å². The average Bonchev–Trinajstić information content (AvgIpc) is 3.17. The Morgan fingerprint density at radius 3 is 2.29 bits per heavy atom. The van der Waals surface area contributed by atoms with Crippen molar-refractivity contribution in [2.45, 2.75) is 11.3 Å². The molecule has 0 unspecified atom stereocenters. The number of rotatable bonds is 6. The Morgan fingerprint density at radius 1 is 1.00 bits per heavy atom. The molecule has 31 heavy (non-hydrogen) atoms. The molecule has 0 bridgehead atoms. The fourth-order valence-corrected chi connectivity index (χ4v) is 3.98. The largest absolute Gasteiger partial charge is 0.495 e.